The van der Waals surface area contributed by atoms with Crippen molar-refractivity contribution in [1.82, 2.24) is 0 Å². The number of benzene rings is 2. The molecular weight excluding hydrogens is 268 g/mol. The summed E-state index contributed by atoms with van der Waals surface area (Å²) in [5.41, 5.74) is 9.17. The Hall–Kier alpha value is -2.69. The Bertz CT molecular complexity index is 742. The van der Waals surface area contributed by atoms with Crippen LogP contribution in [0.25, 0.3) is 0 Å². The largest absolute Gasteiger partial charge is 0.454 e. The molecule has 106 valence electrons. The third-order valence-electron chi connectivity index (χ3n) is 3.86. The first-order valence-electron chi connectivity index (χ1n) is 6.82. The van der Waals surface area contributed by atoms with Gasteiger partial charge in [0.2, 0.25) is 6.79 Å². The van der Waals surface area contributed by atoms with Gasteiger partial charge in [0.15, 0.2) is 11.5 Å². The summed E-state index contributed by atoms with van der Waals surface area (Å²) in [6.45, 7) is 0.880. The highest BCUT2D eigenvalue weighted by Crippen LogP contribution is 2.35. The second-order valence-corrected chi connectivity index (χ2v) is 5.16. The number of carbonyl (C=O) groups excluding carboxylic acids is 1. The average Bonchev–Trinajstić information content (AvgIpc) is 3.11. The van der Waals surface area contributed by atoms with Crippen molar-refractivity contribution in [3.63, 3.8) is 0 Å². The third-order valence-corrected chi connectivity index (χ3v) is 3.86. The molecule has 0 radical (unpaired) electrons. The maximum atomic E-state index is 12.7. The van der Waals surface area contributed by atoms with Crippen molar-refractivity contribution in [3.8, 4) is 11.5 Å². The number of anilines is 2. The minimum absolute atomic E-state index is 0.0307. The van der Waals surface area contributed by atoms with E-state index in [0.29, 0.717) is 23.6 Å². The first kappa shape index (κ1) is 12.1. The summed E-state index contributed by atoms with van der Waals surface area (Å²) in [4.78, 5) is 14.5. The van der Waals surface area contributed by atoms with Crippen LogP contribution in [-0.2, 0) is 6.42 Å². The smallest absolute Gasteiger partial charge is 0.258 e. The van der Waals surface area contributed by atoms with E-state index < -0.39 is 0 Å². The van der Waals surface area contributed by atoms with Gasteiger partial charge in [0, 0.05) is 23.5 Å². The quantitative estimate of drug-likeness (QED) is 0.814. The highest BCUT2D eigenvalue weighted by molar-refractivity contribution is 6.07. The van der Waals surface area contributed by atoms with E-state index in [4.69, 9.17) is 15.2 Å². The number of hydrogen-bond acceptors (Lipinski definition) is 4. The highest BCUT2D eigenvalue weighted by atomic mass is 16.7. The predicted molar refractivity (Wildman–Crippen MR) is 78.8 cm³/mol. The summed E-state index contributed by atoms with van der Waals surface area (Å²) < 4.78 is 10.6. The molecule has 5 heteroatoms. The van der Waals surface area contributed by atoms with Gasteiger partial charge in [-0.15, -0.1) is 0 Å². The number of carbonyl (C=O) groups is 1. The Morgan fingerprint density at radius 1 is 1.10 bits per heavy atom. The normalized spacial score (nSPS) is 15.1. The molecule has 0 bridgehead atoms. The molecule has 0 aliphatic carbocycles. The zero-order valence-corrected chi connectivity index (χ0v) is 11.3. The lowest BCUT2D eigenvalue weighted by Gasteiger charge is -2.17. The van der Waals surface area contributed by atoms with Crippen molar-refractivity contribution in [3.05, 3.63) is 47.5 Å². The van der Waals surface area contributed by atoms with E-state index in [0.717, 1.165) is 23.4 Å². The number of ether oxygens (including phenoxy) is 2. The fourth-order valence-electron chi connectivity index (χ4n) is 2.82. The van der Waals surface area contributed by atoms with Gasteiger partial charge in [0.1, 0.15) is 0 Å². The zero-order chi connectivity index (χ0) is 14.4. The summed E-state index contributed by atoms with van der Waals surface area (Å²) in [7, 11) is 0. The maximum Gasteiger partial charge on any atom is 0.258 e. The molecule has 4 rings (SSSR count). The number of fused-ring (bicyclic) bond motifs is 2. The summed E-state index contributed by atoms with van der Waals surface area (Å²) in [6.07, 6.45) is 0.830. The van der Waals surface area contributed by atoms with Crippen LogP contribution < -0.4 is 20.1 Å². The van der Waals surface area contributed by atoms with Gasteiger partial charge >= 0.3 is 0 Å². The van der Waals surface area contributed by atoms with Gasteiger partial charge in [-0.3, -0.25) is 4.79 Å². The Morgan fingerprint density at radius 2 is 1.95 bits per heavy atom. The fourth-order valence-corrected chi connectivity index (χ4v) is 2.82. The van der Waals surface area contributed by atoms with Gasteiger partial charge in [0.05, 0.1) is 0 Å². The van der Waals surface area contributed by atoms with Crippen molar-refractivity contribution in [1.29, 1.82) is 0 Å². The molecule has 1 amide bonds. The molecular formula is C16H14N2O3. The van der Waals surface area contributed by atoms with Crippen molar-refractivity contribution < 1.29 is 14.3 Å². The lowest BCUT2D eigenvalue weighted by Crippen LogP contribution is -2.28. The van der Waals surface area contributed by atoms with Crippen LogP contribution in [0.4, 0.5) is 11.4 Å². The first-order chi connectivity index (χ1) is 10.2. The second kappa shape index (κ2) is 4.41. The first-order valence-corrected chi connectivity index (χ1v) is 6.82. The molecule has 0 aromatic heterocycles. The molecule has 2 aromatic carbocycles. The second-order valence-electron chi connectivity index (χ2n) is 5.16. The lowest BCUT2D eigenvalue weighted by molar-refractivity contribution is 0.0989. The molecule has 0 saturated carbocycles. The van der Waals surface area contributed by atoms with Crippen LogP contribution in [0.15, 0.2) is 36.4 Å². The summed E-state index contributed by atoms with van der Waals surface area (Å²) in [6, 6.07) is 10.9. The minimum Gasteiger partial charge on any atom is -0.454 e. The topological polar surface area (TPSA) is 64.8 Å². The van der Waals surface area contributed by atoms with Crippen molar-refractivity contribution in [2.24, 2.45) is 0 Å². The number of hydrogen-bond donors (Lipinski definition) is 1. The lowest BCUT2D eigenvalue weighted by atomic mass is 10.1. The number of nitrogens with zero attached hydrogens (tertiary/aromatic N) is 1. The van der Waals surface area contributed by atoms with Crippen LogP contribution in [0.1, 0.15) is 15.9 Å². The fraction of sp³-hybridized carbons (Fsp3) is 0.188. The average molecular weight is 282 g/mol. The molecule has 2 N–H and O–H groups in total. The molecule has 0 fully saturated rings. The van der Waals surface area contributed by atoms with Crippen LogP contribution in [-0.4, -0.2) is 19.2 Å². The van der Waals surface area contributed by atoms with E-state index in [1.165, 1.54) is 0 Å². The molecule has 2 aliphatic heterocycles. The van der Waals surface area contributed by atoms with Crippen LogP contribution in [0.2, 0.25) is 0 Å². The number of nitrogen functional groups attached to an aromatic ring is 1. The summed E-state index contributed by atoms with van der Waals surface area (Å²) in [5, 5.41) is 0. The molecule has 2 aliphatic rings. The molecule has 0 saturated heterocycles. The van der Waals surface area contributed by atoms with Crippen molar-refractivity contribution in [2.75, 3.05) is 24.0 Å². The number of nitrogens with two attached hydrogens (primary N) is 1. The molecule has 2 aromatic rings. The van der Waals surface area contributed by atoms with Crippen LogP contribution in [0.5, 0.6) is 11.5 Å². The van der Waals surface area contributed by atoms with Gasteiger partial charge < -0.3 is 20.1 Å². The monoisotopic (exact) mass is 282 g/mol. The van der Waals surface area contributed by atoms with Gasteiger partial charge in [-0.25, -0.2) is 0 Å². The van der Waals surface area contributed by atoms with E-state index >= 15 is 0 Å². The Labute approximate surface area is 121 Å². The Kier molecular flexibility index (Phi) is 2.54. The summed E-state index contributed by atoms with van der Waals surface area (Å²) in [5.74, 6) is 1.27. The SMILES string of the molecule is Nc1ccc2c(c1)CCN2C(=O)c1ccc2c(c1)OCO2. The van der Waals surface area contributed by atoms with Crippen molar-refractivity contribution in [2.45, 2.75) is 6.42 Å². The third kappa shape index (κ3) is 1.89. The zero-order valence-electron chi connectivity index (χ0n) is 11.3. The number of amides is 1. The summed E-state index contributed by atoms with van der Waals surface area (Å²) >= 11 is 0. The van der Waals surface area contributed by atoms with E-state index in [9.17, 15) is 4.79 Å². The predicted octanol–water partition coefficient (Wildman–Crippen LogP) is 2.20. The van der Waals surface area contributed by atoms with Crippen LogP contribution in [0, 0.1) is 0 Å². The van der Waals surface area contributed by atoms with Gasteiger partial charge in [0.25, 0.3) is 5.91 Å². The van der Waals surface area contributed by atoms with E-state index in [1.54, 1.807) is 23.1 Å². The van der Waals surface area contributed by atoms with Crippen molar-refractivity contribution >= 4 is 17.3 Å². The number of rotatable bonds is 1. The maximum absolute atomic E-state index is 12.7. The molecule has 0 atom stereocenters. The molecule has 5 nitrogen and oxygen atoms in total. The van der Waals surface area contributed by atoms with E-state index in [1.807, 2.05) is 18.2 Å². The van der Waals surface area contributed by atoms with Crippen LogP contribution >= 0.6 is 0 Å². The standard InChI is InChI=1S/C16H14N2O3/c17-12-2-3-13-10(7-12)5-6-18(13)16(19)11-1-4-14-15(8-11)21-9-20-14/h1-4,7-8H,5-6,9,17H2. The minimum atomic E-state index is -0.0307. The molecule has 0 unspecified atom stereocenters. The highest BCUT2D eigenvalue weighted by Gasteiger charge is 2.26. The van der Waals surface area contributed by atoms with Gasteiger partial charge in [-0.1, -0.05) is 0 Å². The molecule has 2 heterocycles. The van der Waals surface area contributed by atoms with Gasteiger partial charge in [-0.05, 0) is 48.4 Å². The molecule has 21 heavy (non-hydrogen) atoms. The van der Waals surface area contributed by atoms with Gasteiger partial charge in [-0.2, -0.15) is 0 Å². The van der Waals surface area contributed by atoms with Crippen LogP contribution in [0.3, 0.4) is 0 Å². The van der Waals surface area contributed by atoms with E-state index in [-0.39, 0.29) is 12.7 Å². The Morgan fingerprint density at radius 3 is 2.86 bits per heavy atom. The Balaban J connectivity index is 1.68. The van der Waals surface area contributed by atoms with E-state index in [2.05, 4.69) is 0 Å². The molecule has 0 spiro atoms.